The number of para-hydroxylation sites is 1. The number of halogens is 1. The second-order valence-corrected chi connectivity index (χ2v) is 10.7. The van der Waals surface area contributed by atoms with E-state index in [-0.39, 0.29) is 18.5 Å². The van der Waals surface area contributed by atoms with Gasteiger partial charge in [-0.1, -0.05) is 66.7 Å². The van der Waals surface area contributed by atoms with Crippen molar-refractivity contribution in [2.24, 2.45) is 0 Å². The van der Waals surface area contributed by atoms with Gasteiger partial charge in [-0.3, -0.25) is 13.9 Å². The van der Waals surface area contributed by atoms with Crippen molar-refractivity contribution in [2.75, 3.05) is 23.7 Å². The highest BCUT2D eigenvalue weighted by Gasteiger charge is 2.33. The van der Waals surface area contributed by atoms with E-state index < -0.39 is 40.2 Å². The maximum absolute atomic E-state index is 14.7. The van der Waals surface area contributed by atoms with Crippen molar-refractivity contribution in [1.29, 1.82) is 0 Å². The Kier molecular flexibility index (Phi) is 9.41. The van der Waals surface area contributed by atoms with Gasteiger partial charge in [-0.2, -0.15) is 0 Å². The summed E-state index contributed by atoms with van der Waals surface area (Å²) < 4.78 is 41.2. The van der Waals surface area contributed by atoms with E-state index in [9.17, 15) is 22.4 Å². The molecule has 3 rings (SSSR count). The number of aryl methyl sites for hydroxylation is 1. The number of nitrogens with one attached hydrogen (secondary N) is 1. The molecule has 1 atom stereocenters. The summed E-state index contributed by atoms with van der Waals surface area (Å²) in [6, 6.07) is 21.1. The number of anilines is 1. The molecule has 0 aliphatic heterocycles. The van der Waals surface area contributed by atoms with E-state index in [1.807, 2.05) is 30.3 Å². The van der Waals surface area contributed by atoms with Crippen LogP contribution in [0.4, 0.5) is 10.1 Å². The van der Waals surface area contributed by atoms with E-state index in [0.29, 0.717) is 17.8 Å². The van der Waals surface area contributed by atoms with Crippen LogP contribution in [0, 0.1) is 12.7 Å². The van der Waals surface area contributed by atoms with Crippen LogP contribution in [0.1, 0.15) is 23.6 Å². The molecule has 0 spiro atoms. The van der Waals surface area contributed by atoms with Gasteiger partial charge in [-0.25, -0.2) is 12.8 Å². The molecule has 0 saturated heterocycles. The highest BCUT2D eigenvalue weighted by Crippen LogP contribution is 2.23. The third kappa shape index (κ3) is 7.39. The Labute approximate surface area is 218 Å². The van der Waals surface area contributed by atoms with Crippen LogP contribution in [-0.4, -0.2) is 50.5 Å². The molecule has 196 valence electrons. The summed E-state index contributed by atoms with van der Waals surface area (Å²) in [5.74, 6) is -1.55. The summed E-state index contributed by atoms with van der Waals surface area (Å²) >= 11 is 0. The molecule has 0 aromatic heterocycles. The fraction of sp³-hybridized carbons (Fsp3) is 0.286. The minimum Gasteiger partial charge on any atom is -0.355 e. The molecule has 0 aliphatic rings. The summed E-state index contributed by atoms with van der Waals surface area (Å²) in [5, 5.41) is 2.77. The Morgan fingerprint density at radius 2 is 1.57 bits per heavy atom. The molecule has 9 heteroatoms. The lowest BCUT2D eigenvalue weighted by Crippen LogP contribution is -2.53. The van der Waals surface area contributed by atoms with Crippen LogP contribution >= 0.6 is 0 Å². The minimum atomic E-state index is -3.85. The van der Waals surface area contributed by atoms with Crippen molar-refractivity contribution in [3.63, 3.8) is 0 Å². The monoisotopic (exact) mass is 525 g/mol. The van der Waals surface area contributed by atoms with Crippen LogP contribution in [0.2, 0.25) is 0 Å². The number of benzene rings is 3. The first-order chi connectivity index (χ1) is 17.6. The molecule has 3 aromatic carbocycles. The van der Waals surface area contributed by atoms with Gasteiger partial charge in [0.1, 0.15) is 18.4 Å². The molecule has 0 unspecified atom stereocenters. The van der Waals surface area contributed by atoms with Gasteiger partial charge in [0, 0.05) is 25.1 Å². The fourth-order valence-corrected chi connectivity index (χ4v) is 5.00. The summed E-state index contributed by atoms with van der Waals surface area (Å²) in [7, 11) is -3.85. The number of hydrogen-bond acceptors (Lipinski definition) is 4. The van der Waals surface area contributed by atoms with Gasteiger partial charge in [0.25, 0.3) is 0 Å². The molecule has 0 radical (unpaired) electrons. The van der Waals surface area contributed by atoms with Crippen molar-refractivity contribution in [3.05, 3.63) is 101 Å². The summed E-state index contributed by atoms with van der Waals surface area (Å²) in [5.41, 5.74) is 2.07. The van der Waals surface area contributed by atoms with Gasteiger partial charge >= 0.3 is 0 Å². The predicted molar refractivity (Wildman–Crippen MR) is 143 cm³/mol. The third-order valence-electron chi connectivity index (χ3n) is 5.98. The zero-order chi connectivity index (χ0) is 27.0. The summed E-state index contributed by atoms with van der Waals surface area (Å²) in [4.78, 5) is 28.4. The number of hydrogen-bond donors (Lipinski definition) is 1. The van der Waals surface area contributed by atoms with E-state index >= 15 is 0 Å². The molecule has 2 amide bonds. The predicted octanol–water partition coefficient (Wildman–Crippen LogP) is 3.68. The number of amides is 2. The van der Waals surface area contributed by atoms with Crippen LogP contribution in [0.15, 0.2) is 78.9 Å². The SMILES string of the molecule is CCNC(=O)[C@@H](Cc1ccccc1)N(Cc1ccccc1F)C(=O)CN(c1ccccc1C)S(C)(=O)=O. The maximum Gasteiger partial charge on any atom is 0.244 e. The van der Waals surface area contributed by atoms with Crippen LogP contribution in [-0.2, 0) is 32.6 Å². The standard InChI is InChI=1S/C28H32FN3O4S/c1-4-30-28(34)26(18-22-13-6-5-7-14-22)31(19-23-15-9-10-16-24(23)29)27(33)20-32(37(3,35)36)25-17-11-8-12-21(25)2/h5-17,26H,4,18-20H2,1-3H3,(H,30,34)/t26-/m1/s1. The Balaban J connectivity index is 2.06. The highest BCUT2D eigenvalue weighted by molar-refractivity contribution is 7.92. The number of nitrogens with zero attached hydrogens (tertiary/aromatic N) is 2. The molecule has 0 fully saturated rings. The molecule has 1 N–H and O–H groups in total. The first-order valence-electron chi connectivity index (χ1n) is 12.0. The van der Waals surface area contributed by atoms with Gasteiger partial charge in [-0.15, -0.1) is 0 Å². The van der Waals surface area contributed by atoms with Crippen LogP contribution in [0.3, 0.4) is 0 Å². The first kappa shape index (κ1) is 27.9. The molecular weight excluding hydrogens is 493 g/mol. The normalized spacial score (nSPS) is 12.0. The van der Waals surface area contributed by atoms with Gasteiger partial charge in [-0.05, 0) is 37.1 Å². The maximum atomic E-state index is 14.7. The van der Waals surface area contributed by atoms with Crippen molar-refractivity contribution in [1.82, 2.24) is 10.2 Å². The lowest BCUT2D eigenvalue weighted by Gasteiger charge is -2.33. The number of rotatable bonds is 11. The second-order valence-electron chi connectivity index (χ2n) is 8.77. The van der Waals surface area contributed by atoms with Crippen LogP contribution < -0.4 is 9.62 Å². The summed E-state index contributed by atoms with van der Waals surface area (Å²) in [6.07, 6.45) is 1.20. The molecule has 0 saturated carbocycles. The van der Waals surface area contributed by atoms with E-state index in [1.165, 1.54) is 11.0 Å². The zero-order valence-corrected chi connectivity index (χ0v) is 22.0. The first-order valence-corrected chi connectivity index (χ1v) is 13.8. The zero-order valence-electron chi connectivity index (χ0n) is 21.2. The van der Waals surface area contributed by atoms with Crippen molar-refractivity contribution in [3.8, 4) is 0 Å². The number of likely N-dealkylation sites (N-methyl/N-ethyl adjacent to an activating group) is 1. The second kappa shape index (κ2) is 12.5. The fourth-order valence-electron chi connectivity index (χ4n) is 4.09. The quantitative estimate of drug-likeness (QED) is 0.414. The molecule has 0 bridgehead atoms. The van der Waals surface area contributed by atoms with Crippen molar-refractivity contribution in [2.45, 2.75) is 32.9 Å². The Morgan fingerprint density at radius 1 is 0.946 bits per heavy atom. The third-order valence-corrected chi connectivity index (χ3v) is 7.11. The smallest absolute Gasteiger partial charge is 0.244 e. The number of sulfonamides is 1. The van der Waals surface area contributed by atoms with E-state index in [1.54, 1.807) is 56.3 Å². The summed E-state index contributed by atoms with van der Waals surface area (Å²) in [6.45, 7) is 3.12. The van der Waals surface area contributed by atoms with Gasteiger partial charge < -0.3 is 10.2 Å². The Hall–Kier alpha value is -3.72. The topological polar surface area (TPSA) is 86.8 Å². The van der Waals surface area contributed by atoms with E-state index in [4.69, 9.17) is 0 Å². The van der Waals surface area contributed by atoms with E-state index in [0.717, 1.165) is 16.1 Å². The lowest BCUT2D eigenvalue weighted by atomic mass is 10.0. The average Bonchev–Trinajstić information content (AvgIpc) is 2.86. The van der Waals surface area contributed by atoms with Crippen molar-refractivity contribution < 1.29 is 22.4 Å². The Bertz CT molecular complexity index is 1330. The number of carbonyl (C=O) groups excluding carboxylic acids is 2. The lowest BCUT2D eigenvalue weighted by molar-refractivity contribution is -0.140. The minimum absolute atomic E-state index is 0.177. The molecule has 3 aromatic rings. The number of carbonyl (C=O) groups is 2. The Morgan fingerprint density at radius 3 is 2.19 bits per heavy atom. The van der Waals surface area contributed by atoms with Gasteiger partial charge in [0.15, 0.2) is 0 Å². The highest BCUT2D eigenvalue weighted by atomic mass is 32.2. The van der Waals surface area contributed by atoms with Gasteiger partial charge in [0.05, 0.1) is 11.9 Å². The van der Waals surface area contributed by atoms with Crippen LogP contribution in [0.25, 0.3) is 0 Å². The van der Waals surface area contributed by atoms with E-state index in [2.05, 4.69) is 5.32 Å². The molecule has 0 heterocycles. The van der Waals surface area contributed by atoms with Crippen LogP contribution in [0.5, 0.6) is 0 Å². The molecule has 37 heavy (non-hydrogen) atoms. The molecule has 0 aliphatic carbocycles. The molecule has 7 nitrogen and oxygen atoms in total. The average molecular weight is 526 g/mol. The van der Waals surface area contributed by atoms with Gasteiger partial charge in [0.2, 0.25) is 21.8 Å². The van der Waals surface area contributed by atoms with Crippen molar-refractivity contribution >= 4 is 27.5 Å². The largest absolute Gasteiger partial charge is 0.355 e. The molecular formula is C28H32FN3O4S.